The van der Waals surface area contributed by atoms with Gasteiger partial charge in [0.1, 0.15) is 5.78 Å². The second kappa shape index (κ2) is 11.2. The molecule has 0 rings (SSSR count). The number of carbonyl (C=O) groups is 2. The predicted octanol–water partition coefficient (Wildman–Crippen LogP) is 3.47. The summed E-state index contributed by atoms with van der Waals surface area (Å²) in [4.78, 5) is 22.3. The molecule has 0 unspecified atom stereocenters. The van der Waals surface area contributed by atoms with E-state index in [1.54, 1.807) is 0 Å². The molecule has 0 atom stereocenters. The van der Waals surface area contributed by atoms with E-state index in [1.807, 2.05) is 20.8 Å². The zero-order valence-corrected chi connectivity index (χ0v) is 12.3. The first kappa shape index (κ1) is 17.1. The van der Waals surface area contributed by atoms with Crippen LogP contribution in [0.4, 0.5) is 0 Å². The van der Waals surface area contributed by atoms with Gasteiger partial charge >= 0.3 is 0 Å². The number of Topliss-reactive ketones (excluding diaryl/α,β-unsaturated/α-hetero) is 1. The van der Waals surface area contributed by atoms with Crippen LogP contribution in [0.25, 0.3) is 0 Å². The Labute approximate surface area is 112 Å². The summed E-state index contributed by atoms with van der Waals surface area (Å²) in [6.07, 6.45) is 8.14. The van der Waals surface area contributed by atoms with Crippen LogP contribution in [0.3, 0.4) is 0 Å². The van der Waals surface area contributed by atoms with Crippen LogP contribution in [0.2, 0.25) is 0 Å². The lowest BCUT2D eigenvalue weighted by molar-refractivity contribution is -0.122. The summed E-state index contributed by atoms with van der Waals surface area (Å²) in [6.45, 7) is 6.60. The number of carbonyl (C=O) groups excluding carboxylic acids is 2. The number of hydrogen-bond acceptors (Lipinski definition) is 2. The van der Waals surface area contributed by atoms with Crippen molar-refractivity contribution in [3.63, 3.8) is 0 Å². The standard InChI is InChI=1S/C15H29NO2/c1-4-15(18)16-12-10-8-6-5-7-9-11-14(17)13(2)3/h13H,4-12H2,1-3H3,(H,16,18). The second-order valence-corrected chi connectivity index (χ2v) is 5.20. The van der Waals surface area contributed by atoms with Gasteiger partial charge in [0.25, 0.3) is 0 Å². The van der Waals surface area contributed by atoms with Crippen LogP contribution in [-0.2, 0) is 9.59 Å². The summed E-state index contributed by atoms with van der Waals surface area (Å²) in [6, 6.07) is 0. The van der Waals surface area contributed by atoms with E-state index in [9.17, 15) is 9.59 Å². The Kier molecular flexibility index (Phi) is 10.7. The lowest BCUT2D eigenvalue weighted by Gasteiger charge is -2.05. The Hall–Kier alpha value is -0.860. The van der Waals surface area contributed by atoms with Crippen molar-refractivity contribution in [2.45, 2.75) is 72.1 Å². The average Bonchev–Trinajstić information content (AvgIpc) is 2.35. The number of amides is 1. The van der Waals surface area contributed by atoms with E-state index < -0.39 is 0 Å². The van der Waals surface area contributed by atoms with Gasteiger partial charge < -0.3 is 5.32 Å². The van der Waals surface area contributed by atoms with Gasteiger partial charge in [-0.25, -0.2) is 0 Å². The maximum Gasteiger partial charge on any atom is 0.219 e. The van der Waals surface area contributed by atoms with Crippen LogP contribution in [0.5, 0.6) is 0 Å². The van der Waals surface area contributed by atoms with Crippen molar-refractivity contribution in [3.05, 3.63) is 0 Å². The van der Waals surface area contributed by atoms with Crippen LogP contribution in [-0.4, -0.2) is 18.2 Å². The fourth-order valence-electron chi connectivity index (χ4n) is 1.77. The molecule has 0 heterocycles. The third-order valence-corrected chi connectivity index (χ3v) is 3.14. The van der Waals surface area contributed by atoms with Crippen LogP contribution in [0.1, 0.15) is 72.1 Å². The lowest BCUT2D eigenvalue weighted by atomic mass is 10.0. The minimum atomic E-state index is 0.141. The molecule has 0 aromatic carbocycles. The third kappa shape index (κ3) is 10.3. The highest BCUT2D eigenvalue weighted by Gasteiger charge is 2.05. The maximum atomic E-state index is 11.4. The Morgan fingerprint density at radius 1 is 0.944 bits per heavy atom. The summed E-state index contributed by atoms with van der Waals surface area (Å²) in [5.41, 5.74) is 0. The molecule has 0 aromatic heterocycles. The van der Waals surface area contributed by atoms with Gasteiger partial charge in [0, 0.05) is 25.3 Å². The Morgan fingerprint density at radius 3 is 2.06 bits per heavy atom. The fraction of sp³-hybridized carbons (Fsp3) is 0.867. The smallest absolute Gasteiger partial charge is 0.219 e. The van der Waals surface area contributed by atoms with Crippen LogP contribution in [0, 0.1) is 5.92 Å². The van der Waals surface area contributed by atoms with E-state index in [0.717, 1.165) is 32.2 Å². The summed E-state index contributed by atoms with van der Waals surface area (Å²) < 4.78 is 0. The topological polar surface area (TPSA) is 46.2 Å². The second-order valence-electron chi connectivity index (χ2n) is 5.20. The predicted molar refractivity (Wildman–Crippen MR) is 75.5 cm³/mol. The molecule has 106 valence electrons. The first-order chi connectivity index (χ1) is 8.57. The van der Waals surface area contributed by atoms with Crippen molar-refractivity contribution in [1.29, 1.82) is 0 Å². The highest BCUT2D eigenvalue weighted by atomic mass is 16.1. The zero-order chi connectivity index (χ0) is 13.8. The number of ketones is 1. The molecule has 3 nitrogen and oxygen atoms in total. The molecule has 0 aliphatic carbocycles. The highest BCUT2D eigenvalue weighted by Crippen LogP contribution is 2.09. The molecule has 0 saturated carbocycles. The molecule has 0 saturated heterocycles. The maximum absolute atomic E-state index is 11.4. The Bertz CT molecular complexity index is 237. The molecule has 3 heteroatoms. The molecular weight excluding hydrogens is 226 g/mol. The van der Waals surface area contributed by atoms with Gasteiger partial charge in [-0.3, -0.25) is 9.59 Å². The number of nitrogens with one attached hydrogen (secondary N) is 1. The monoisotopic (exact) mass is 255 g/mol. The van der Waals surface area contributed by atoms with Gasteiger partial charge in [0.05, 0.1) is 0 Å². The van der Waals surface area contributed by atoms with Gasteiger partial charge in [-0.1, -0.05) is 46.5 Å². The van der Waals surface area contributed by atoms with Gasteiger partial charge in [0.2, 0.25) is 5.91 Å². The molecule has 18 heavy (non-hydrogen) atoms. The Balaban J connectivity index is 3.17. The van der Waals surface area contributed by atoms with Crippen molar-refractivity contribution < 1.29 is 9.59 Å². The number of hydrogen-bond donors (Lipinski definition) is 1. The molecule has 0 aliphatic heterocycles. The minimum absolute atomic E-state index is 0.141. The molecule has 0 spiro atoms. The lowest BCUT2D eigenvalue weighted by Crippen LogP contribution is -2.23. The van der Waals surface area contributed by atoms with E-state index >= 15 is 0 Å². The van der Waals surface area contributed by atoms with Crippen LogP contribution >= 0.6 is 0 Å². The molecular formula is C15H29NO2. The first-order valence-corrected chi connectivity index (χ1v) is 7.37. The quantitative estimate of drug-likeness (QED) is 0.575. The van der Waals surface area contributed by atoms with E-state index in [2.05, 4.69) is 5.32 Å². The van der Waals surface area contributed by atoms with Crippen LogP contribution in [0.15, 0.2) is 0 Å². The SMILES string of the molecule is CCC(=O)NCCCCCCCCC(=O)C(C)C. The van der Waals surface area contributed by atoms with Gasteiger partial charge in [0.15, 0.2) is 0 Å². The third-order valence-electron chi connectivity index (χ3n) is 3.14. The van der Waals surface area contributed by atoms with Gasteiger partial charge in [-0.2, -0.15) is 0 Å². The summed E-state index contributed by atoms with van der Waals surface area (Å²) in [5, 5.41) is 2.88. The molecule has 0 fully saturated rings. The average molecular weight is 255 g/mol. The fourth-order valence-corrected chi connectivity index (χ4v) is 1.77. The van der Waals surface area contributed by atoms with Gasteiger partial charge in [-0.15, -0.1) is 0 Å². The molecule has 1 N–H and O–H groups in total. The number of rotatable bonds is 11. The number of unbranched alkanes of at least 4 members (excludes halogenated alkanes) is 5. The van der Waals surface area contributed by atoms with Crippen LogP contribution < -0.4 is 5.32 Å². The molecule has 0 aliphatic rings. The Morgan fingerprint density at radius 2 is 1.50 bits per heavy atom. The van der Waals surface area contributed by atoms with Crippen molar-refractivity contribution in [2.75, 3.05) is 6.54 Å². The van der Waals surface area contributed by atoms with E-state index in [0.29, 0.717) is 12.2 Å². The highest BCUT2D eigenvalue weighted by molar-refractivity contribution is 5.80. The van der Waals surface area contributed by atoms with Crippen molar-refractivity contribution in [1.82, 2.24) is 5.32 Å². The minimum Gasteiger partial charge on any atom is -0.356 e. The summed E-state index contributed by atoms with van der Waals surface area (Å²) >= 11 is 0. The van der Waals surface area contributed by atoms with Crippen molar-refractivity contribution in [3.8, 4) is 0 Å². The molecule has 1 amide bonds. The van der Waals surface area contributed by atoms with E-state index in [4.69, 9.17) is 0 Å². The van der Waals surface area contributed by atoms with Crippen molar-refractivity contribution >= 4 is 11.7 Å². The van der Waals surface area contributed by atoms with Crippen molar-refractivity contribution in [2.24, 2.45) is 5.92 Å². The first-order valence-electron chi connectivity index (χ1n) is 7.37. The van der Waals surface area contributed by atoms with E-state index in [-0.39, 0.29) is 11.8 Å². The largest absolute Gasteiger partial charge is 0.356 e. The summed E-state index contributed by atoms with van der Waals surface area (Å²) in [7, 11) is 0. The molecule has 0 aromatic rings. The summed E-state index contributed by atoms with van der Waals surface area (Å²) in [5.74, 6) is 0.714. The van der Waals surface area contributed by atoms with Gasteiger partial charge in [-0.05, 0) is 12.8 Å². The normalized spacial score (nSPS) is 10.7. The van der Waals surface area contributed by atoms with E-state index in [1.165, 1.54) is 19.3 Å². The molecule has 0 bridgehead atoms. The zero-order valence-electron chi connectivity index (χ0n) is 12.3. The molecule has 0 radical (unpaired) electrons.